The first-order valence-corrected chi connectivity index (χ1v) is 9.11. The van der Waals surface area contributed by atoms with Gasteiger partial charge in [0.2, 0.25) is 9.84 Å². The predicted molar refractivity (Wildman–Crippen MR) is 83.0 cm³/mol. The summed E-state index contributed by atoms with van der Waals surface area (Å²) in [5.41, 5.74) is -3.47. The first-order chi connectivity index (χ1) is 11.0. The number of fused-ring (bicyclic) bond motifs is 1. The zero-order valence-corrected chi connectivity index (χ0v) is 13.9. The van der Waals surface area contributed by atoms with Gasteiger partial charge in [0.1, 0.15) is 0 Å². The molecule has 0 radical (unpaired) electrons. The topological polar surface area (TPSA) is 82.3 Å². The van der Waals surface area contributed by atoms with Gasteiger partial charge in [-0.15, -0.1) is 0 Å². The summed E-state index contributed by atoms with van der Waals surface area (Å²) < 4.78 is 65.3. The summed E-state index contributed by atoms with van der Waals surface area (Å²) >= 11 is 0.784. The molecule has 1 aromatic carbocycles. The lowest BCUT2D eigenvalue weighted by Crippen LogP contribution is -2.55. The summed E-state index contributed by atoms with van der Waals surface area (Å²) in [7, 11) is -4.21. The molecule has 0 bridgehead atoms. The van der Waals surface area contributed by atoms with Crippen molar-refractivity contribution < 1.29 is 26.7 Å². The Morgan fingerprint density at radius 2 is 1.96 bits per heavy atom. The van der Waals surface area contributed by atoms with Crippen LogP contribution in [0.2, 0.25) is 0 Å². The van der Waals surface area contributed by atoms with E-state index in [1.54, 1.807) is 6.07 Å². The van der Waals surface area contributed by atoms with Gasteiger partial charge in [0.05, 0.1) is 9.94 Å². The fourth-order valence-corrected chi connectivity index (χ4v) is 5.01. The van der Waals surface area contributed by atoms with E-state index in [0.29, 0.717) is 5.04 Å². The number of nitrogens with zero attached hydrogens (tertiary/aromatic N) is 3. The molecule has 0 saturated heterocycles. The molecule has 2 atom stereocenters. The number of hydrogen-bond acceptors (Lipinski definition) is 7. The molecule has 1 N–H and O–H groups in total. The average Bonchev–Trinajstić information content (AvgIpc) is 2.86. The maximum absolute atomic E-state index is 13.2. The third kappa shape index (κ3) is 2.70. The van der Waals surface area contributed by atoms with Crippen LogP contribution in [0.25, 0.3) is 0 Å². The van der Waals surface area contributed by atoms with Crippen molar-refractivity contribution in [2.24, 2.45) is 10.1 Å². The van der Waals surface area contributed by atoms with Crippen molar-refractivity contribution in [3.8, 4) is 0 Å². The van der Waals surface area contributed by atoms with Gasteiger partial charge in [0.15, 0.2) is 10.5 Å². The number of hydrazone groups is 1. The second-order valence-electron chi connectivity index (χ2n) is 5.29. The number of thioether (sulfide) groups is 1. The van der Waals surface area contributed by atoms with Crippen molar-refractivity contribution in [1.82, 2.24) is 5.01 Å². The van der Waals surface area contributed by atoms with E-state index in [4.69, 9.17) is 0 Å². The lowest BCUT2D eigenvalue weighted by atomic mass is 10.1. The molecule has 3 rings (SSSR count). The molecule has 6 nitrogen and oxygen atoms in total. The van der Waals surface area contributed by atoms with Crippen molar-refractivity contribution in [3.63, 3.8) is 0 Å². The number of rotatable bonds is 2. The second-order valence-corrected chi connectivity index (χ2v) is 8.56. The van der Waals surface area contributed by atoms with Crippen molar-refractivity contribution in [2.45, 2.75) is 35.5 Å². The third-order valence-corrected chi connectivity index (χ3v) is 6.43. The van der Waals surface area contributed by atoms with Crippen LogP contribution in [0, 0.1) is 0 Å². The molecule has 2 heterocycles. The van der Waals surface area contributed by atoms with Gasteiger partial charge in [0.25, 0.3) is 5.72 Å². The van der Waals surface area contributed by atoms with Gasteiger partial charge in [-0.3, -0.25) is 0 Å². The maximum atomic E-state index is 13.2. The number of aliphatic imine (C=N–C) groups is 1. The molecule has 130 valence electrons. The molecule has 0 aliphatic carbocycles. The van der Waals surface area contributed by atoms with Gasteiger partial charge in [-0.2, -0.15) is 18.3 Å². The first kappa shape index (κ1) is 17.2. The third-order valence-electron chi connectivity index (χ3n) is 3.58. The van der Waals surface area contributed by atoms with E-state index in [9.17, 15) is 26.7 Å². The van der Waals surface area contributed by atoms with Gasteiger partial charge in [-0.05, 0) is 30.8 Å². The Bertz CT molecular complexity index is 824. The van der Waals surface area contributed by atoms with E-state index in [1.165, 1.54) is 31.2 Å². The Labute approximate surface area is 140 Å². The lowest BCUT2D eigenvalue weighted by Gasteiger charge is -2.37. The lowest BCUT2D eigenvalue weighted by molar-refractivity contribution is -0.262. The second kappa shape index (κ2) is 5.46. The van der Waals surface area contributed by atoms with Crippen LogP contribution in [0.15, 0.2) is 45.3 Å². The van der Waals surface area contributed by atoms with Crippen LogP contribution >= 0.6 is 11.8 Å². The van der Waals surface area contributed by atoms with Crippen LogP contribution in [0.5, 0.6) is 0 Å². The molecule has 24 heavy (non-hydrogen) atoms. The zero-order chi connectivity index (χ0) is 17.8. The summed E-state index contributed by atoms with van der Waals surface area (Å²) in [6.07, 6.45) is -6.26. The van der Waals surface area contributed by atoms with E-state index < -0.39 is 33.5 Å². The normalized spacial score (nSPS) is 27.5. The molecule has 1 aromatic rings. The van der Waals surface area contributed by atoms with Gasteiger partial charge in [-0.1, -0.05) is 18.2 Å². The van der Waals surface area contributed by atoms with Crippen molar-refractivity contribution in [2.75, 3.05) is 0 Å². The summed E-state index contributed by atoms with van der Waals surface area (Å²) in [5.74, 6) is 0. The summed E-state index contributed by atoms with van der Waals surface area (Å²) in [6.45, 7) is 1.52. The molecular weight excluding hydrogens is 367 g/mol. The molecular formula is C13H12F3N3O3S2. The highest BCUT2D eigenvalue weighted by atomic mass is 32.2. The number of halogens is 3. The van der Waals surface area contributed by atoms with Gasteiger partial charge < -0.3 is 5.11 Å². The molecule has 11 heteroatoms. The van der Waals surface area contributed by atoms with Gasteiger partial charge in [-0.25, -0.2) is 18.4 Å². The number of amidine groups is 1. The predicted octanol–water partition coefficient (Wildman–Crippen LogP) is 2.18. The number of hydrogen-bond donors (Lipinski definition) is 1. The minimum atomic E-state index is -5.10. The maximum Gasteiger partial charge on any atom is 0.438 e. The zero-order valence-electron chi connectivity index (χ0n) is 12.2. The van der Waals surface area contributed by atoms with Gasteiger partial charge >= 0.3 is 6.18 Å². The van der Waals surface area contributed by atoms with E-state index in [0.717, 1.165) is 16.8 Å². The fourth-order valence-electron chi connectivity index (χ4n) is 2.38. The highest BCUT2D eigenvalue weighted by Gasteiger charge is 2.61. The van der Waals surface area contributed by atoms with Crippen LogP contribution in [-0.2, 0) is 9.84 Å². The molecule has 0 saturated carbocycles. The summed E-state index contributed by atoms with van der Waals surface area (Å²) in [4.78, 5) is 3.16. The number of sulfone groups is 1. The van der Waals surface area contributed by atoms with Gasteiger partial charge in [0, 0.05) is 6.42 Å². The Morgan fingerprint density at radius 1 is 1.33 bits per heavy atom. The van der Waals surface area contributed by atoms with E-state index in [-0.39, 0.29) is 10.1 Å². The molecule has 0 unspecified atom stereocenters. The van der Waals surface area contributed by atoms with Crippen LogP contribution in [0.4, 0.5) is 13.2 Å². The van der Waals surface area contributed by atoms with E-state index >= 15 is 0 Å². The van der Waals surface area contributed by atoms with Crippen LogP contribution < -0.4 is 0 Å². The number of benzene rings is 1. The Kier molecular flexibility index (Phi) is 3.92. The number of alkyl halides is 3. The minimum Gasteiger partial charge on any atom is -0.362 e. The highest BCUT2D eigenvalue weighted by Crippen LogP contribution is 2.44. The molecule has 0 aromatic heterocycles. The number of aliphatic hydroxyl groups is 1. The Balaban J connectivity index is 2.12. The van der Waals surface area contributed by atoms with Crippen molar-refractivity contribution >= 4 is 31.8 Å². The van der Waals surface area contributed by atoms with E-state index in [2.05, 4.69) is 10.1 Å². The van der Waals surface area contributed by atoms with Crippen molar-refractivity contribution in [3.05, 3.63) is 30.3 Å². The smallest absolute Gasteiger partial charge is 0.362 e. The monoisotopic (exact) mass is 379 g/mol. The summed E-state index contributed by atoms with van der Waals surface area (Å²) in [5, 5.41) is 13.2. The molecule has 0 spiro atoms. The molecule has 2 aliphatic heterocycles. The molecule has 2 aliphatic rings. The Hall–Kier alpha value is -1.59. The van der Waals surface area contributed by atoms with Crippen LogP contribution in [0.3, 0.4) is 0 Å². The Morgan fingerprint density at radius 3 is 2.54 bits per heavy atom. The molecule has 0 fully saturated rings. The SMILES string of the molecule is CC1=NN2C(=N[C@](O)(C(F)(F)F)C[C@H]2S(=O)(=O)c2ccccc2)S1. The van der Waals surface area contributed by atoms with Crippen LogP contribution in [-0.4, -0.2) is 46.0 Å². The largest absolute Gasteiger partial charge is 0.438 e. The highest BCUT2D eigenvalue weighted by molar-refractivity contribution is 8.26. The standard InChI is InChI=1S/C13H12F3N3O3S2/c1-8-18-19-10(24(21,22)9-5-3-2-4-6-9)7-12(20,13(14,15)16)17-11(19)23-8/h2-6,10,20H,7H2,1H3/t10-,12-/m1/s1. The molecule has 0 amide bonds. The van der Waals surface area contributed by atoms with E-state index in [1.807, 2.05) is 0 Å². The minimum absolute atomic E-state index is 0.148. The summed E-state index contributed by atoms with van der Waals surface area (Å²) in [6, 6.07) is 7.09. The van der Waals surface area contributed by atoms with Crippen molar-refractivity contribution in [1.29, 1.82) is 0 Å². The first-order valence-electron chi connectivity index (χ1n) is 6.75. The van der Waals surface area contributed by atoms with Crippen LogP contribution in [0.1, 0.15) is 13.3 Å². The quantitative estimate of drug-likeness (QED) is 0.852. The fraction of sp³-hybridized carbons (Fsp3) is 0.385. The average molecular weight is 379 g/mol.